The molecule has 1 aromatic carbocycles. The fourth-order valence-corrected chi connectivity index (χ4v) is 1.82. The SMILES string of the molecule is CCN(C)Cc1cccnc1Oc1ccc(C(=O)O)cc1. The second kappa shape index (κ2) is 6.85. The van der Waals surface area contributed by atoms with Crippen molar-refractivity contribution in [1.29, 1.82) is 0 Å². The van der Waals surface area contributed by atoms with Crippen molar-refractivity contribution in [2.45, 2.75) is 13.5 Å². The summed E-state index contributed by atoms with van der Waals surface area (Å²) in [5.74, 6) is 0.157. The summed E-state index contributed by atoms with van der Waals surface area (Å²) in [7, 11) is 2.03. The Kier molecular flexibility index (Phi) is 4.90. The number of carboxylic acids is 1. The van der Waals surface area contributed by atoms with Crippen LogP contribution in [0.4, 0.5) is 0 Å². The highest BCUT2D eigenvalue weighted by Crippen LogP contribution is 2.24. The summed E-state index contributed by atoms with van der Waals surface area (Å²) < 4.78 is 5.76. The van der Waals surface area contributed by atoms with Gasteiger partial charge in [0.25, 0.3) is 0 Å². The van der Waals surface area contributed by atoms with E-state index in [9.17, 15) is 4.79 Å². The van der Waals surface area contributed by atoms with Crippen LogP contribution in [0, 0.1) is 0 Å². The maximum Gasteiger partial charge on any atom is 0.335 e. The number of rotatable bonds is 6. The lowest BCUT2D eigenvalue weighted by molar-refractivity contribution is 0.0697. The molecule has 0 aliphatic rings. The Hall–Kier alpha value is -2.40. The molecule has 2 rings (SSSR count). The molecule has 0 saturated heterocycles. The molecule has 1 heterocycles. The smallest absolute Gasteiger partial charge is 0.335 e. The number of carbonyl (C=O) groups is 1. The number of benzene rings is 1. The molecule has 2 aromatic rings. The molecule has 0 radical (unpaired) electrons. The standard InChI is InChI=1S/C16H18N2O3/c1-3-18(2)11-13-5-4-10-17-15(13)21-14-8-6-12(7-9-14)16(19)20/h4-10H,3,11H2,1-2H3,(H,19,20). The molecule has 0 fully saturated rings. The van der Waals surface area contributed by atoms with Gasteiger partial charge in [-0.25, -0.2) is 9.78 Å². The summed E-state index contributed by atoms with van der Waals surface area (Å²) in [4.78, 5) is 17.2. The van der Waals surface area contributed by atoms with E-state index in [1.54, 1.807) is 18.3 Å². The number of carboxylic acid groups (broad SMARTS) is 1. The average Bonchev–Trinajstić information content (AvgIpc) is 2.49. The maximum absolute atomic E-state index is 10.8. The molecule has 110 valence electrons. The van der Waals surface area contributed by atoms with Crippen molar-refractivity contribution in [3.05, 3.63) is 53.7 Å². The Labute approximate surface area is 123 Å². The quantitative estimate of drug-likeness (QED) is 0.884. The van der Waals surface area contributed by atoms with E-state index in [4.69, 9.17) is 9.84 Å². The lowest BCUT2D eigenvalue weighted by Gasteiger charge is -2.16. The minimum absolute atomic E-state index is 0.231. The fourth-order valence-electron chi connectivity index (χ4n) is 1.82. The van der Waals surface area contributed by atoms with Gasteiger partial charge >= 0.3 is 5.97 Å². The van der Waals surface area contributed by atoms with Crippen LogP contribution in [0.3, 0.4) is 0 Å². The van der Waals surface area contributed by atoms with Crippen LogP contribution in [-0.2, 0) is 6.54 Å². The zero-order valence-electron chi connectivity index (χ0n) is 12.1. The second-order valence-corrected chi connectivity index (χ2v) is 4.73. The molecule has 0 bridgehead atoms. The molecule has 0 unspecified atom stereocenters. The van der Waals surface area contributed by atoms with Gasteiger partial charge in [-0.3, -0.25) is 0 Å². The Morgan fingerprint density at radius 3 is 2.62 bits per heavy atom. The van der Waals surface area contributed by atoms with Gasteiger partial charge in [0, 0.05) is 18.3 Å². The van der Waals surface area contributed by atoms with Gasteiger partial charge in [-0.05, 0) is 43.9 Å². The molecule has 21 heavy (non-hydrogen) atoms. The number of aromatic nitrogens is 1. The van der Waals surface area contributed by atoms with Crippen LogP contribution < -0.4 is 4.74 Å². The predicted octanol–water partition coefficient (Wildman–Crippen LogP) is 3.02. The van der Waals surface area contributed by atoms with Gasteiger partial charge in [0.1, 0.15) is 5.75 Å². The summed E-state index contributed by atoms with van der Waals surface area (Å²) in [5, 5.41) is 8.88. The molecule has 5 heteroatoms. The van der Waals surface area contributed by atoms with Gasteiger partial charge in [-0.2, -0.15) is 0 Å². The highest BCUT2D eigenvalue weighted by molar-refractivity contribution is 5.87. The van der Waals surface area contributed by atoms with E-state index in [0.29, 0.717) is 11.6 Å². The molecular weight excluding hydrogens is 268 g/mol. The highest BCUT2D eigenvalue weighted by Gasteiger charge is 2.09. The second-order valence-electron chi connectivity index (χ2n) is 4.73. The Bertz CT molecular complexity index is 611. The number of pyridine rings is 1. The van der Waals surface area contributed by atoms with E-state index < -0.39 is 5.97 Å². The summed E-state index contributed by atoms with van der Waals surface area (Å²) in [6.45, 7) is 3.76. The number of aromatic carboxylic acids is 1. The normalized spacial score (nSPS) is 10.6. The van der Waals surface area contributed by atoms with Crippen molar-refractivity contribution in [3.8, 4) is 11.6 Å². The van der Waals surface area contributed by atoms with E-state index in [-0.39, 0.29) is 5.56 Å². The molecule has 0 atom stereocenters. The lowest BCUT2D eigenvalue weighted by Crippen LogP contribution is -2.17. The third kappa shape index (κ3) is 4.03. The monoisotopic (exact) mass is 286 g/mol. The molecule has 0 spiro atoms. The van der Waals surface area contributed by atoms with Crippen LogP contribution in [0.1, 0.15) is 22.8 Å². The van der Waals surface area contributed by atoms with Crippen molar-refractivity contribution in [3.63, 3.8) is 0 Å². The van der Waals surface area contributed by atoms with E-state index in [2.05, 4.69) is 16.8 Å². The first-order chi connectivity index (χ1) is 10.1. The fraction of sp³-hybridized carbons (Fsp3) is 0.250. The van der Waals surface area contributed by atoms with Crippen LogP contribution in [0.15, 0.2) is 42.6 Å². The predicted molar refractivity (Wildman–Crippen MR) is 79.7 cm³/mol. The van der Waals surface area contributed by atoms with Crippen molar-refractivity contribution >= 4 is 5.97 Å². The van der Waals surface area contributed by atoms with Crippen molar-refractivity contribution < 1.29 is 14.6 Å². The number of ether oxygens (including phenoxy) is 1. The summed E-state index contributed by atoms with van der Waals surface area (Å²) in [6.07, 6.45) is 1.68. The molecule has 1 N–H and O–H groups in total. The van der Waals surface area contributed by atoms with Crippen LogP contribution in [0.5, 0.6) is 11.6 Å². The first-order valence-corrected chi connectivity index (χ1v) is 6.73. The molecule has 5 nitrogen and oxygen atoms in total. The number of hydrogen-bond donors (Lipinski definition) is 1. The van der Waals surface area contributed by atoms with Gasteiger partial charge in [-0.15, -0.1) is 0 Å². The zero-order chi connectivity index (χ0) is 15.2. The van der Waals surface area contributed by atoms with E-state index in [0.717, 1.165) is 18.7 Å². The Morgan fingerprint density at radius 1 is 1.29 bits per heavy atom. The topological polar surface area (TPSA) is 62.7 Å². The lowest BCUT2D eigenvalue weighted by atomic mass is 10.2. The third-order valence-electron chi connectivity index (χ3n) is 3.15. The number of nitrogens with zero attached hydrogens (tertiary/aromatic N) is 2. The molecule has 0 amide bonds. The van der Waals surface area contributed by atoms with Crippen LogP contribution in [0.25, 0.3) is 0 Å². The summed E-state index contributed by atoms with van der Waals surface area (Å²) >= 11 is 0. The highest BCUT2D eigenvalue weighted by atomic mass is 16.5. The minimum Gasteiger partial charge on any atom is -0.478 e. The minimum atomic E-state index is -0.954. The van der Waals surface area contributed by atoms with Crippen molar-refractivity contribution in [2.24, 2.45) is 0 Å². The summed E-state index contributed by atoms with van der Waals surface area (Å²) in [5.41, 5.74) is 1.22. The number of hydrogen-bond acceptors (Lipinski definition) is 4. The van der Waals surface area contributed by atoms with E-state index >= 15 is 0 Å². The van der Waals surface area contributed by atoms with Crippen LogP contribution >= 0.6 is 0 Å². The third-order valence-corrected chi connectivity index (χ3v) is 3.15. The van der Waals surface area contributed by atoms with E-state index in [1.165, 1.54) is 12.1 Å². The Balaban J connectivity index is 2.17. The van der Waals surface area contributed by atoms with Gasteiger partial charge in [0.15, 0.2) is 0 Å². The molecule has 0 saturated carbocycles. The van der Waals surface area contributed by atoms with E-state index in [1.807, 2.05) is 19.2 Å². The molecule has 0 aliphatic carbocycles. The van der Waals surface area contributed by atoms with Crippen LogP contribution in [0.2, 0.25) is 0 Å². The first kappa shape index (κ1) is 15.0. The molecule has 0 aliphatic heterocycles. The van der Waals surface area contributed by atoms with Gasteiger partial charge in [-0.1, -0.05) is 13.0 Å². The largest absolute Gasteiger partial charge is 0.478 e. The van der Waals surface area contributed by atoms with Gasteiger partial charge in [0.2, 0.25) is 5.88 Å². The molecule has 1 aromatic heterocycles. The van der Waals surface area contributed by atoms with Gasteiger partial charge in [0.05, 0.1) is 5.56 Å². The Morgan fingerprint density at radius 2 is 2.00 bits per heavy atom. The summed E-state index contributed by atoms with van der Waals surface area (Å²) in [6, 6.07) is 10.1. The van der Waals surface area contributed by atoms with Gasteiger partial charge < -0.3 is 14.7 Å². The van der Waals surface area contributed by atoms with Crippen molar-refractivity contribution in [1.82, 2.24) is 9.88 Å². The van der Waals surface area contributed by atoms with Crippen LogP contribution in [-0.4, -0.2) is 34.6 Å². The van der Waals surface area contributed by atoms with Crippen molar-refractivity contribution in [2.75, 3.05) is 13.6 Å². The average molecular weight is 286 g/mol. The molecular formula is C16H18N2O3. The first-order valence-electron chi connectivity index (χ1n) is 6.73. The zero-order valence-corrected chi connectivity index (χ0v) is 12.1. The maximum atomic E-state index is 10.8.